The standard InChI is InChI=1S/C14H25N3O2/c1-4-6-16-7-5-8-17(10-9-16)13(18)11-15-14(19)12(2)3/h4,12H,1,5-11H2,2-3H3,(H,15,19). The SMILES string of the molecule is C=CCN1CCCN(C(=O)CNC(=O)C(C)C)CC1. The molecule has 1 aliphatic heterocycles. The predicted octanol–water partition coefficient (Wildman–Crippen LogP) is 0.479. The fourth-order valence-electron chi connectivity index (χ4n) is 2.06. The van der Waals surface area contributed by atoms with E-state index >= 15 is 0 Å². The number of nitrogens with zero attached hydrogens (tertiary/aromatic N) is 2. The molecule has 1 saturated heterocycles. The third-order valence-corrected chi connectivity index (χ3v) is 3.27. The largest absolute Gasteiger partial charge is 0.347 e. The quantitative estimate of drug-likeness (QED) is 0.737. The molecule has 0 spiro atoms. The Morgan fingerprint density at radius 2 is 2.00 bits per heavy atom. The number of rotatable bonds is 5. The zero-order valence-electron chi connectivity index (χ0n) is 12.0. The van der Waals surface area contributed by atoms with Gasteiger partial charge in [0.25, 0.3) is 0 Å². The minimum absolute atomic E-state index is 0.00875. The Morgan fingerprint density at radius 3 is 2.63 bits per heavy atom. The van der Waals surface area contributed by atoms with Gasteiger partial charge in [-0.05, 0) is 6.42 Å². The van der Waals surface area contributed by atoms with Crippen molar-refractivity contribution in [3.63, 3.8) is 0 Å². The molecule has 0 radical (unpaired) electrons. The van der Waals surface area contributed by atoms with Crippen molar-refractivity contribution in [3.05, 3.63) is 12.7 Å². The van der Waals surface area contributed by atoms with E-state index in [9.17, 15) is 9.59 Å². The predicted molar refractivity (Wildman–Crippen MR) is 75.7 cm³/mol. The summed E-state index contributed by atoms with van der Waals surface area (Å²) < 4.78 is 0. The van der Waals surface area contributed by atoms with Crippen molar-refractivity contribution < 1.29 is 9.59 Å². The molecule has 0 unspecified atom stereocenters. The molecule has 0 bridgehead atoms. The van der Waals surface area contributed by atoms with Crippen LogP contribution in [-0.2, 0) is 9.59 Å². The van der Waals surface area contributed by atoms with E-state index in [0.29, 0.717) is 0 Å². The van der Waals surface area contributed by atoms with E-state index in [1.165, 1.54) is 0 Å². The van der Waals surface area contributed by atoms with E-state index in [2.05, 4.69) is 16.8 Å². The van der Waals surface area contributed by atoms with Gasteiger partial charge in [0.1, 0.15) is 0 Å². The molecular formula is C14H25N3O2. The highest BCUT2D eigenvalue weighted by atomic mass is 16.2. The first-order valence-electron chi connectivity index (χ1n) is 6.93. The Labute approximate surface area is 115 Å². The Morgan fingerprint density at radius 1 is 1.26 bits per heavy atom. The lowest BCUT2D eigenvalue weighted by atomic mass is 10.2. The van der Waals surface area contributed by atoms with Crippen LogP contribution in [0.5, 0.6) is 0 Å². The van der Waals surface area contributed by atoms with Crippen molar-refractivity contribution in [1.82, 2.24) is 15.1 Å². The van der Waals surface area contributed by atoms with Gasteiger partial charge in [0.2, 0.25) is 11.8 Å². The van der Waals surface area contributed by atoms with Crippen LogP contribution in [0.2, 0.25) is 0 Å². The number of carbonyl (C=O) groups is 2. The first-order valence-corrected chi connectivity index (χ1v) is 6.93. The molecule has 0 saturated carbocycles. The van der Waals surface area contributed by atoms with E-state index in [1.54, 1.807) is 0 Å². The Bertz CT molecular complexity index is 329. The molecule has 0 aromatic rings. The minimum Gasteiger partial charge on any atom is -0.347 e. The third kappa shape index (κ3) is 5.42. The average molecular weight is 267 g/mol. The summed E-state index contributed by atoms with van der Waals surface area (Å²) in [5.74, 6) is -0.147. The van der Waals surface area contributed by atoms with Gasteiger partial charge in [0.05, 0.1) is 6.54 Å². The molecule has 108 valence electrons. The monoisotopic (exact) mass is 267 g/mol. The second kappa shape index (κ2) is 7.94. The van der Waals surface area contributed by atoms with Gasteiger partial charge < -0.3 is 10.2 Å². The van der Waals surface area contributed by atoms with Crippen LogP contribution >= 0.6 is 0 Å². The van der Waals surface area contributed by atoms with Crippen molar-refractivity contribution in [1.29, 1.82) is 0 Å². The van der Waals surface area contributed by atoms with Crippen molar-refractivity contribution in [2.75, 3.05) is 39.3 Å². The lowest BCUT2D eigenvalue weighted by molar-refractivity contribution is -0.133. The van der Waals surface area contributed by atoms with E-state index in [0.717, 1.165) is 39.1 Å². The van der Waals surface area contributed by atoms with Crippen molar-refractivity contribution in [2.45, 2.75) is 20.3 Å². The summed E-state index contributed by atoms with van der Waals surface area (Å²) in [6.07, 6.45) is 2.86. The van der Waals surface area contributed by atoms with Crippen LogP contribution in [-0.4, -0.2) is 60.9 Å². The smallest absolute Gasteiger partial charge is 0.242 e. The molecule has 5 heteroatoms. The molecule has 1 aliphatic rings. The molecule has 1 rings (SSSR count). The topological polar surface area (TPSA) is 52.6 Å². The summed E-state index contributed by atoms with van der Waals surface area (Å²) >= 11 is 0. The first-order chi connectivity index (χ1) is 9.04. The van der Waals surface area contributed by atoms with Crippen LogP contribution in [0, 0.1) is 5.92 Å². The van der Waals surface area contributed by atoms with E-state index in [-0.39, 0.29) is 24.3 Å². The Kier molecular flexibility index (Phi) is 6.56. The Hall–Kier alpha value is -1.36. The molecule has 0 aromatic heterocycles. The van der Waals surface area contributed by atoms with Crippen molar-refractivity contribution in [2.24, 2.45) is 5.92 Å². The summed E-state index contributed by atoms with van der Waals surface area (Å²) in [5, 5.41) is 2.68. The van der Waals surface area contributed by atoms with Crippen LogP contribution in [0.3, 0.4) is 0 Å². The third-order valence-electron chi connectivity index (χ3n) is 3.27. The fourth-order valence-corrected chi connectivity index (χ4v) is 2.06. The van der Waals surface area contributed by atoms with Gasteiger partial charge in [-0.2, -0.15) is 0 Å². The van der Waals surface area contributed by atoms with Gasteiger partial charge >= 0.3 is 0 Å². The first kappa shape index (κ1) is 15.7. The number of hydrogen-bond donors (Lipinski definition) is 1. The van der Waals surface area contributed by atoms with Crippen molar-refractivity contribution >= 4 is 11.8 Å². The average Bonchev–Trinajstić information content (AvgIpc) is 2.61. The fraction of sp³-hybridized carbons (Fsp3) is 0.714. The zero-order valence-corrected chi connectivity index (χ0v) is 12.0. The highest BCUT2D eigenvalue weighted by Gasteiger charge is 2.19. The summed E-state index contributed by atoms with van der Waals surface area (Å²) in [6, 6.07) is 0. The van der Waals surface area contributed by atoms with E-state index in [4.69, 9.17) is 0 Å². The molecule has 0 aromatic carbocycles. The molecular weight excluding hydrogens is 242 g/mol. The molecule has 2 amide bonds. The van der Waals surface area contributed by atoms with Gasteiger partial charge in [0, 0.05) is 38.6 Å². The van der Waals surface area contributed by atoms with E-state index < -0.39 is 0 Å². The molecule has 5 nitrogen and oxygen atoms in total. The van der Waals surface area contributed by atoms with Gasteiger partial charge in [-0.1, -0.05) is 19.9 Å². The van der Waals surface area contributed by atoms with Gasteiger partial charge in [-0.3, -0.25) is 14.5 Å². The molecule has 1 N–H and O–H groups in total. The summed E-state index contributed by atoms with van der Waals surface area (Å²) in [6.45, 7) is 11.7. The number of nitrogens with one attached hydrogen (secondary N) is 1. The maximum Gasteiger partial charge on any atom is 0.242 e. The molecule has 0 aliphatic carbocycles. The summed E-state index contributed by atoms with van der Waals surface area (Å²) in [7, 11) is 0. The Balaban J connectivity index is 2.36. The second-order valence-electron chi connectivity index (χ2n) is 5.20. The lowest BCUT2D eigenvalue weighted by Gasteiger charge is -2.21. The maximum absolute atomic E-state index is 12.0. The lowest BCUT2D eigenvalue weighted by Crippen LogP contribution is -2.42. The number of carbonyl (C=O) groups excluding carboxylic acids is 2. The van der Waals surface area contributed by atoms with Crippen LogP contribution in [0.25, 0.3) is 0 Å². The van der Waals surface area contributed by atoms with Crippen LogP contribution < -0.4 is 5.32 Å². The molecule has 0 atom stereocenters. The maximum atomic E-state index is 12.0. The molecule has 1 fully saturated rings. The van der Waals surface area contributed by atoms with Gasteiger partial charge in [0.15, 0.2) is 0 Å². The molecule has 1 heterocycles. The minimum atomic E-state index is -0.0833. The van der Waals surface area contributed by atoms with Gasteiger partial charge in [-0.25, -0.2) is 0 Å². The second-order valence-corrected chi connectivity index (χ2v) is 5.20. The van der Waals surface area contributed by atoms with Crippen LogP contribution in [0.4, 0.5) is 0 Å². The van der Waals surface area contributed by atoms with Gasteiger partial charge in [-0.15, -0.1) is 6.58 Å². The zero-order chi connectivity index (χ0) is 14.3. The highest BCUT2D eigenvalue weighted by Crippen LogP contribution is 2.03. The summed E-state index contributed by atoms with van der Waals surface area (Å²) in [5.41, 5.74) is 0. The highest BCUT2D eigenvalue weighted by molar-refractivity contribution is 5.85. The van der Waals surface area contributed by atoms with E-state index in [1.807, 2.05) is 24.8 Å². The van der Waals surface area contributed by atoms with Crippen molar-refractivity contribution in [3.8, 4) is 0 Å². The van der Waals surface area contributed by atoms with Crippen LogP contribution in [0.1, 0.15) is 20.3 Å². The number of hydrogen-bond acceptors (Lipinski definition) is 3. The number of amides is 2. The molecule has 19 heavy (non-hydrogen) atoms. The summed E-state index contributed by atoms with van der Waals surface area (Å²) in [4.78, 5) is 27.6. The normalized spacial score (nSPS) is 17.1. The van der Waals surface area contributed by atoms with Crippen LogP contribution in [0.15, 0.2) is 12.7 Å².